The quantitative estimate of drug-likeness (QED) is 0.0608. The van der Waals surface area contributed by atoms with E-state index in [4.69, 9.17) is 4.74 Å². The van der Waals surface area contributed by atoms with E-state index in [2.05, 4.69) is 25.8 Å². The molecule has 13 nitrogen and oxygen atoms in total. The van der Waals surface area contributed by atoms with E-state index >= 15 is 0 Å². The first-order chi connectivity index (χ1) is 30.4. The number of amides is 3. The van der Waals surface area contributed by atoms with Gasteiger partial charge in [0.15, 0.2) is 0 Å². The lowest BCUT2D eigenvalue weighted by atomic mass is 10.0. The molecule has 0 unspecified atom stereocenters. The third-order valence-electron chi connectivity index (χ3n) is 11.6. The number of aryl methyl sites for hydroxylation is 2. The van der Waals surface area contributed by atoms with E-state index in [1.54, 1.807) is 24.1 Å². The largest absolute Gasteiger partial charge is 0.506 e. The molecule has 0 saturated carbocycles. The van der Waals surface area contributed by atoms with E-state index in [0.717, 1.165) is 33.4 Å². The lowest BCUT2D eigenvalue weighted by molar-refractivity contribution is -0.118. The molecule has 0 bridgehead atoms. The lowest BCUT2D eigenvalue weighted by Crippen LogP contribution is -2.40. The van der Waals surface area contributed by atoms with Gasteiger partial charge in [0.1, 0.15) is 11.9 Å². The maximum atomic E-state index is 13.3. The van der Waals surface area contributed by atoms with Crippen molar-refractivity contribution in [3.8, 4) is 16.9 Å². The molecule has 0 spiro atoms. The number of H-pyrrole nitrogens is 1. The second-order valence-corrected chi connectivity index (χ2v) is 16.1. The number of aromatic hydroxyl groups is 1. The molecule has 13 heteroatoms. The van der Waals surface area contributed by atoms with Gasteiger partial charge in [-0.1, -0.05) is 72.8 Å². The van der Waals surface area contributed by atoms with Crippen molar-refractivity contribution in [1.29, 1.82) is 0 Å². The molecule has 1 aromatic heterocycles. The van der Waals surface area contributed by atoms with Crippen LogP contribution < -0.4 is 26.4 Å². The molecule has 0 aliphatic carbocycles. The van der Waals surface area contributed by atoms with Gasteiger partial charge in [-0.05, 0) is 96.5 Å². The number of benzene rings is 5. The summed E-state index contributed by atoms with van der Waals surface area (Å²) in [7, 11) is 1.75. The van der Waals surface area contributed by atoms with Crippen molar-refractivity contribution >= 4 is 45.9 Å². The number of aromatic nitrogens is 1. The number of phenolic OH excluding ortho intramolecular Hbond substituents is 1. The number of fused-ring (bicyclic) bond motifs is 1. The number of para-hydroxylation sites is 1. The smallest absolute Gasteiger partial charge is 0.411 e. The number of aliphatic hydroxyl groups is 1. The van der Waals surface area contributed by atoms with Crippen LogP contribution in [0.3, 0.4) is 0 Å². The summed E-state index contributed by atoms with van der Waals surface area (Å²) in [6, 6.07) is 35.0. The van der Waals surface area contributed by atoms with Crippen LogP contribution in [0.5, 0.6) is 5.75 Å². The fourth-order valence-electron chi connectivity index (χ4n) is 8.03. The van der Waals surface area contributed by atoms with Crippen molar-refractivity contribution in [1.82, 2.24) is 15.2 Å². The van der Waals surface area contributed by atoms with Gasteiger partial charge in [-0.2, -0.15) is 0 Å². The Morgan fingerprint density at radius 1 is 0.857 bits per heavy atom. The molecule has 1 aliphatic heterocycles. The molecule has 3 amide bonds. The average molecular weight is 851 g/mol. The second-order valence-electron chi connectivity index (χ2n) is 16.1. The highest BCUT2D eigenvalue weighted by atomic mass is 16.6. The minimum atomic E-state index is -0.885. The van der Waals surface area contributed by atoms with E-state index < -0.39 is 12.2 Å². The number of ether oxygens (including phenoxy) is 1. The van der Waals surface area contributed by atoms with Crippen LogP contribution in [0, 0.1) is 13.8 Å². The molecule has 0 radical (unpaired) electrons. The Labute approximate surface area is 366 Å². The average Bonchev–Trinajstić information content (AvgIpc) is 3.28. The standard InChI is InChI=1S/C50H54N6O7/c1-32-27-43(33(2)26-36(32)30-51-31-45(58)40-16-18-44(57)49-41(40)17-19-46(59)54-49)52-47(60)29-34-10-9-13-37(28-34)55(3)48(61)22-25-56-23-20-38(21-24-56)63-50(62)53-42-15-8-7-14-39(42)35-11-5-4-6-12-35/h4-19,26-28,38,45,51,57-58H,20-25,29-31H2,1-3H3,(H,52,60)(H,53,62)(H,54,59)/t45-/m0/s1. The highest BCUT2D eigenvalue weighted by molar-refractivity contribution is 5.95. The van der Waals surface area contributed by atoms with E-state index in [0.29, 0.717) is 73.5 Å². The molecule has 6 aromatic rings. The van der Waals surface area contributed by atoms with E-state index in [9.17, 15) is 29.4 Å². The maximum absolute atomic E-state index is 13.3. The van der Waals surface area contributed by atoms with Crippen LogP contribution in [0.1, 0.15) is 53.2 Å². The maximum Gasteiger partial charge on any atom is 0.411 e. The van der Waals surface area contributed by atoms with Crippen LogP contribution in [-0.2, 0) is 27.3 Å². The lowest BCUT2D eigenvalue weighted by Gasteiger charge is -2.31. The Hall–Kier alpha value is -6.80. The van der Waals surface area contributed by atoms with Crippen LogP contribution in [0.2, 0.25) is 0 Å². The zero-order chi connectivity index (χ0) is 44.5. The summed E-state index contributed by atoms with van der Waals surface area (Å²) in [5, 5.41) is 31.0. The van der Waals surface area contributed by atoms with E-state index in [-0.39, 0.29) is 47.7 Å². The van der Waals surface area contributed by atoms with Gasteiger partial charge in [0.05, 0.1) is 23.7 Å². The second kappa shape index (κ2) is 20.4. The van der Waals surface area contributed by atoms with Crippen LogP contribution in [-0.4, -0.2) is 77.3 Å². The topological polar surface area (TPSA) is 176 Å². The Morgan fingerprint density at radius 3 is 2.41 bits per heavy atom. The van der Waals surface area contributed by atoms with Crippen molar-refractivity contribution in [2.45, 2.75) is 58.3 Å². The van der Waals surface area contributed by atoms with Crippen molar-refractivity contribution in [2.24, 2.45) is 0 Å². The summed E-state index contributed by atoms with van der Waals surface area (Å²) in [6.07, 6.45) is 0.250. The van der Waals surface area contributed by atoms with Gasteiger partial charge in [-0.15, -0.1) is 0 Å². The van der Waals surface area contributed by atoms with Crippen molar-refractivity contribution in [2.75, 3.05) is 48.8 Å². The molecule has 5 aromatic carbocycles. The van der Waals surface area contributed by atoms with Gasteiger partial charge < -0.3 is 40.4 Å². The van der Waals surface area contributed by atoms with Crippen molar-refractivity contribution < 1.29 is 29.3 Å². The molecule has 1 fully saturated rings. The molecule has 7 rings (SSSR count). The van der Waals surface area contributed by atoms with Gasteiger partial charge in [0.2, 0.25) is 17.4 Å². The molecule has 1 aliphatic rings. The molecular formula is C50H54N6O7. The minimum Gasteiger partial charge on any atom is -0.506 e. The first-order valence-electron chi connectivity index (χ1n) is 21.3. The molecular weight excluding hydrogens is 797 g/mol. The fraction of sp³-hybridized carbons (Fsp3) is 0.280. The predicted molar refractivity (Wildman–Crippen MR) is 247 cm³/mol. The number of piperidine rings is 1. The monoisotopic (exact) mass is 850 g/mol. The number of rotatable bonds is 15. The highest BCUT2D eigenvalue weighted by Crippen LogP contribution is 2.30. The number of pyridine rings is 1. The molecule has 326 valence electrons. The summed E-state index contributed by atoms with van der Waals surface area (Å²) < 4.78 is 5.79. The highest BCUT2D eigenvalue weighted by Gasteiger charge is 2.24. The number of likely N-dealkylation sites (tertiary alicyclic amines) is 1. The predicted octanol–water partition coefficient (Wildman–Crippen LogP) is 7.59. The van der Waals surface area contributed by atoms with Crippen LogP contribution in [0.4, 0.5) is 21.9 Å². The molecule has 2 heterocycles. The van der Waals surface area contributed by atoms with Crippen LogP contribution in [0.15, 0.2) is 120 Å². The SMILES string of the molecule is Cc1cc(NC(=O)Cc2cccc(N(C)C(=O)CCN3CCC(OC(=O)Nc4ccccc4-c4ccccc4)CC3)c2)c(C)cc1CNC[C@H](O)c1ccc(O)c2[nH]c(=O)ccc12. The summed E-state index contributed by atoms with van der Waals surface area (Å²) in [6.45, 7) is 6.63. The Bertz CT molecular complexity index is 2640. The van der Waals surface area contributed by atoms with Gasteiger partial charge in [-0.25, -0.2) is 4.79 Å². The number of aliphatic hydroxyl groups excluding tert-OH is 1. The third kappa shape index (κ3) is 11.4. The van der Waals surface area contributed by atoms with Crippen LogP contribution >= 0.6 is 0 Å². The number of hydrogen-bond acceptors (Lipinski definition) is 9. The van der Waals surface area contributed by atoms with Crippen molar-refractivity contribution in [3.63, 3.8) is 0 Å². The number of nitrogens with zero attached hydrogens (tertiary/aromatic N) is 2. The minimum absolute atomic E-state index is 0.0342. The molecule has 63 heavy (non-hydrogen) atoms. The van der Waals surface area contributed by atoms with Crippen LogP contribution in [0.25, 0.3) is 22.0 Å². The molecule has 6 N–H and O–H groups in total. The number of phenols is 1. The number of nitrogens with one attached hydrogen (secondary N) is 4. The number of anilines is 3. The zero-order valence-corrected chi connectivity index (χ0v) is 35.8. The summed E-state index contributed by atoms with van der Waals surface area (Å²) >= 11 is 0. The summed E-state index contributed by atoms with van der Waals surface area (Å²) in [4.78, 5) is 57.7. The van der Waals surface area contributed by atoms with Crippen molar-refractivity contribution in [3.05, 3.63) is 153 Å². The number of aromatic amines is 1. The number of carbonyl (C=O) groups excluding carboxylic acids is 3. The van der Waals surface area contributed by atoms with E-state index in [1.165, 1.54) is 12.1 Å². The Kier molecular flexibility index (Phi) is 14.3. The van der Waals surface area contributed by atoms with E-state index in [1.807, 2.05) is 105 Å². The zero-order valence-electron chi connectivity index (χ0n) is 35.8. The van der Waals surface area contributed by atoms with Gasteiger partial charge in [0.25, 0.3) is 0 Å². The Balaban J connectivity index is 0.839. The molecule has 1 atom stereocenters. The normalized spacial score (nSPS) is 13.7. The third-order valence-corrected chi connectivity index (χ3v) is 11.6. The molecule has 1 saturated heterocycles. The summed E-state index contributed by atoms with van der Waals surface area (Å²) in [5.74, 6) is -0.275. The summed E-state index contributed by atoms with van der Waals surface area (Å²) in [5.41, 5.74) is 8.22. The van der Waals surface area contributed by atoms with Gasteiger partial charge in [-0.3, -0.25) is 19.7 Å². The first kappa shape index (κ1) is 44.3. The van der Waals surface area contributed by atoms with Gasteiger partial charge in [0, 0.05) is 74.6 Å². The fourth-order valence-corrected chi connectivity index (χ4v) is 8.03. The first-order valence-corrected chi connectivity index (χ1v) is 21.3. The number of hydrogen-bond donors (Lipinski definition) is 6. The van der Waals surface area contributed by atoms with Gasteiger partial charge >= 0.3 is 6.09 Å². The number of carbonyl (C=O) groups is 3. The Morgan fingerprint density at radius 2 is 1.62 bits per heavy atom.